The molecule has 0 aliphatic rings. The molecule has 0 fully saturated rings. The zero-order valence-electron chi connectivity index (χ0n) is 26.6. The molecule has 0 aliphatic heterocycles. The average molecular weight is 627 g/mol. The van der Waals surface area contributed by atoms with E-state index >= 15 is 0 Å². The maximum absolute atomic E-state index is 5.25. The minimum atomic E-state index is 0.825. The van der Waals surface area contributed by atoms with Gasteiger partial charge >= 0.3 is 0 Å². The van der Waals surface area contributed by atoms with Crippen LogP contribution in [-0.2, 0) is 0 Å². The van der Waals surface area contributed by atoms with Gasteiger partial charge in [-0.15, -0.1) is 0 Å². The second kappa shape index (κ2) is 12.2. The summed E-state index contributed by atoms with van der Waals surface area (Å²) in [6.45, 7) is 0. The number of nitrogens with zero attached hydrogens (tertiary/aromatic N) is 4. The minimum Gasteiger partial charge on any atom is -0.308 e. The van der Waals surface area contributed by atoms with Crippen molar-refractivity contribution in [3.8, 4) is 61.7 Å². The molecular formula is C45H30N4. The molecule has 0 saturated heterocycles. The number of hydrogen-bond donors (Lipinski definition) is 0. The summed E-state index contributed by atoms with van der Waals surface area (Å²) >= 11 is 0. The highest BCUT2D eigenvalue weighted by Gasteiger charge is 2.16. The lowest BCUT2D eigenvalue weighted by molar-refractivity contribution is 1.17. The van der Waals surface area contributed by atoms with Crippen LogP contribution in [0.25, 0.3) is 83.6 Å². The fourth-order valence-electron chi connectivity index (χ4n) is 6.75. The van der Waals surface area contributed by atoms with E-state index in [2.05, 4.69) is 150 Å². The van der Waals surface area contributed by atoms with Crippen molar-refractivity contribution in [3.63, 3.8) is 0 Å². The first kappa shape index (κ1) is 28.6. The molecule has 9 aromatic rings. The molecule has 0 saturated carbocycles. The van der Waals surface area contributed by atoms with Gasteiger partial charge in [0, 0.05) is 29.0 Å². The van der Waals surface area contributed by atoms with Gasteiger partial charge in [0.15, 0.2) is 0 Å². The zero-order chi connectivity index (χ0) is 32.6. The normalized spacial score (nSPS) is 11.3. The van der Waals surface area contributed by atoms with Gasteiger partial charge in [-0.3, -0.25) is 9.97 Å². The fourth-order valence-corrected chi connectivity index (χ4v) is 6.75. The Labute approximate surface area is 284 Å². The summed E-state index contributed by atoms with van der Waals surface area (Å²) in [5.74, 6) is 0. The van der Waals surface area contributed by atoms with Crippen molar-refractivity contribution in [1.29, 1.82) is 0 Å². The van der Waals surface area contributed by atoms with Crippen LogP contribution in [0.15, 0.2) is 182 Å². The molecule has 9 rings (SSSR count). The Morgan fingerprint density at radius 2 is 0.959 bits per heavy atom. The maximum Gasteiger partial charge on any atom is 0.0963 e. The molecule has 230 valence electrons. The van der Waals surface area contributed by atoms with Crippen molar-refractivity contribution in [1.82, 2.24) is 19.5 Å². The zero-order valence-corrected chi connectivity index (χ0v) is 26.6. The summed E-state index contributed by atoms with van der Waals surface area (Å²) in [5, 5.41) is 1.14. The molecule has 4 heterocycles. The highest BCUT2D eigenvalue weighted by atomic mass is 15.0. The summed E-state index contributed by atoms with van der Waals surface area (Å²) < 4.78 is 2.30. The number of pyridine rings is 3. The largest absolute Gasteiger partial charge is 0.308 e. The van der Waals surface area contributed by atoms with E-state index in [9.17, 15) is 0 Å². The number of rotatable bonds is 6. The summed E-state index contributed by atoms with van der Waals surface area (Å²) in [6.07, 6.45) is 3.69. The van der Waals surface area contributed by atoms with Gasteiger partial charge < -0.3 is 4.57 Å². The van der Waals surface area contributed by atoms with Crippen molar-refractivity contribution in [2.45, 2.75) is 0 Å². The smallest absolute Gasteiger partial charge is 0.0963 e. The van der Waals surface area contributed by atoms with Crippen molar-refractivity contribution in [2.24, 2.45) is 0 Å². The quantitative estimate of drug-likeness (QED) is 0.184. The molecule has 49 heavy (non-hydrogen) atoms. The van der Waals surface area contributed by atoms with Crippen LogP contribution in [0.2, 0.25) is 0 Å². The van der Waals surface area contributed by atoms with Crippen molar-refractivity contribution in [3.05, 3.63) is 182 Å². The second-order valence-corrected chi connectivity index (χ2v) is 12.1. The van der Waals surface area contributed by atoms with Crippen LogP contribution in [0.3, 0.4) is 0 Å². The van der Waals surface area contributed by atoms with E-state index < -0.39 is 0 Å². The van der Waals surface area contributed by atoms with Crippen LogP contribution in [0.5, 0.6) is 0 Å². The molecule has 4 nitrogen and oxygen atoms in total. The lowest BCUT2D eigenvalue weighted by atomic mass is 9.94. The van der Waals surface area contributed by atoms with Crippen LogP contribution >= 0.6 is 0 Å². The monoisotopic (exact) mass is 626 g/mol. The minimum absolute atomic E-state index is 0.825. The van der Waals surface area contributed by atoms with E-state index in [4.69, 9.17) is 15.0 Å². The number of fused-ring (bicyclic) bond motifs is 3. The summed E-state index contributed by atoms with van der Waals surface area (Å²) in [6, 6.07) is 59.5. The number of benzene rings is 5. The number of aromatic nitrogens is 4. The lowest BCUT2D eigenvalue weighted by Crippen LogP contribution is -1.96. The van der Waals surface area contributed by atoms with E-state index in [1.807, 2.05) is 36.7 Å². The average Bonchev–Trinajstić information content (AvgIpc) is 3.53. The molecule has 0 bridgehead atoms. The van der Waals surface area contributed by atoms with Crippen LogP contribution in [0.4, 0.5) is 0 Å². The molecule has 0 spiro atoms. The summed E-state index contributed by atoms with van der Waals surface area (Å²) in [7, 11) is 0. The molecule has 0 atom stereocenters. The second-order valence-electron chi connectivity index (χ2n) is 12.1. The van der Waals surface area contributed by atoms with Gasteiger partial charge in [-0.2, -0.15) is 0 Å². The predicted octanol–water partition coefficient (Wildman–Crippen LogP) is 11.3. The lowest BCUT2D eigenvalue weighted by Gasteiger charge is -2.14. The Hall–Kier alpha value is -6.65. The molecule has 5 aromatic carbocycles. The van der Waals surface area contributed by atoms with E-state index in [0.29, 0.717) is 0 Å². The molecule has 4 aromatic heterocycles. The first-order valence-electron chi connectivity index (χ1n) is 16.4. The molecule has 0 N–H and O–H groups in total. The SMILES string of the molecule is c1ccc(-c2cc(-c3ccccc3)cc(-c3cc(-c4cccc(-n5c6ccccc6c6ncccc65)c4)cc(-c4ccccn4)n3)c2)cc1. The highest BCUT2D eigenvalue weighted by molar-refractivity contribution is 6.07. The van der Waals surface area contributed by atoms with Gasteiger partial charge in [0.1, 0.15) is 0 Å². The summed E-state index contributed by atoms with van der Waals surface area (Å²) in [5.41, 5.74) is 14.6. The van der Waals surface area contributed by atoms with Crippen molar-refractivity contribution < 1.29 is 0 Å². The van der Waals surface area contributed by atoms with Gasteiger partial charge in [-0.05, 0) is 106 Å². The van der Waals surface area contributed by atoms with Crippen LogP contribution in [0, 0.1) is 0 Å². The third-order valence-corrected chi connectivity index (χ3v) is 9.06. The third kappa shape index (κ3) is 5.35. The highest BCUT2D eigenvalue weighted by Crippen LogP contribution is 2.37. The van der Waals surface area contributed by atoms with Gasteiger partial charge in [0.2, 0.25) is 0 Å². The Balaban J connectivity index is 1.25. The van der Waals surface area contributed by atoms with Crippen LogP contribution < -0.4 is 0 Å². The molecule has 0 amide bonds. The van der Waals surface area contributed by atoms with Gasteiger partial charge in [-0.1, -0.05) is 97.1 Å². The Kier molecular flexibility index (Phi) is 7.10. The van der Waals surface area contributed by atoms with E-state index in [0.717, 1.165) is 83.6 Å². The van der Waals surface area contributed by atoms with Crippen molar-refractivity contribution >= 4 is 21.9 Å². The first-order valence-corrected chi connectivity index (χ1v) is 16.4. The molecule has 0 unspecified atom stereocenters. The standard InChI is InChI=1S/C45H30N4/c1-3-13-31(14-4-1)34-25-35(32-15-5-2-6-16-32)27-37(26-34)41-29-36(30-42(48-41)40-20-9-10-23-46-40)33-17-11-18-38(28-33)49-43-21-8-7-19-39(43)45-44(49)22-12-24-47-45/h1-30H. The third-order valence-electron chi connectivity index (χ3n) is 9.06. The van der Waals surface area contributed by atoms with Gasteiger partial charge in [0.05, 0.1) is 33.6 Å². The van der Waals surface area contributed by atoms with E-state index in [1.54, 1.807) is 0 Å². The number of hydrogen-bond acceptors (Lipinski definition) is 3. The Morgan fingerprint density at radius 3 is 1.71 bits per heavy atom. The predicted molar refractivity (Wildman–Crippen MR) is 201 cm³/mol. The number of para-hydroxylation sites is 1. The molecule has 0 radical (unpaired) electrons. The summed E-state index contributed by atoms with van der Waals surface area (Å²) in [4.78, 5) is 14.7. The first-order chi connectivity index (χ1) is 24.3. The van der Waals surface area contributed by atoms with Gasteiger partial charge in [-0.25, -0.2) is 4.98 Å². The fraction of sp³-hybridized carbons (Fsp3) is 0. The molecule has 4 heteroatoms. The van der Waals surface area contributed by atoms with Crippen molar-refractivity contribution in [2.75, 3.05) is 0 Å². The Bertz CT molecular complexity index is 2480. The van der Waals surface area contributed by atoms with E-state index in [-0.39, 0.29) is 0 Å². The molecular weight excluding hydrogens is 597 g/mol. The van der Waals surface area contributed by atoms with Crippen LogP contribution in [0.1, 0.15) is 0 Å². The topological polar surface area (TPSA) is 43.6 Å². The van der Waals surface area contributed by atoms with Gasteiger partial charge in [0.25, 0.3) is 0 Å². The Morgan fingerprint density at radius 1 is 0.347 bits per heavy atom. The van der Waals surface area contributed by atoms with Crippen LogP contribution in [-0.4, -0.2) is 19.5 Å². The molecule has 0 aliphatic carbocycles. The maximum atomic E-state index is 5.25. The van der Waals surface area contributed by atoms with E-state index in [1.165, 1.54) is 0 Å².